The maximum Gasteiger partial charge on any atom is 0.430 e. The van der Waals surface area contributed by atoms with E-state index in [1.165, 1.54) is 0 Å². The van der Waals surface area contributed by atoms with Gasteiger partial charge in [0.25, 0.3) is 0 Å². The lowest BCUT2D eigenvalue weighted by atomic mass is 9.59. The molecule has 0 N–H and O–H groups in total. The molecule has 2 aliphatic rings. The van der Waals surface area contributed by atoms with E-state index in [4.69, 9.17) is 0 Å². The monoisotopic (exact) mass is 117 g/mol. The van der Waals surface area contributed by atoms with E-state index in [9.17, 15) is 0 Å². The largest absolute Gasteiger partial charge is 0.430 e. The molecule has 0 amide bonds. The van der Waals surface area contributed by atoms with Gasteiger partial charge in [0.05, 0.1) is 0 Å². The van der Waals surface area contributed by atoms with Crippen molar-refractivity contribution in [3.8, 4) is 0 Å². The van der Waals surface area contributed by atoms with E-state index in [0.717, 1.165) is 6.32 Å². The van der Waals surface area contributed by atoms with Crippen LogP contribution in [0.1, 0.15) is 0 Å². The first-order valence-corrected chi connectivity index (χ1v) is 3.26. The van der Waals surface area contributed by atoms with Crippen molar-refractivity contribution in [1.82, 2.24) is 0 Å². The molecule has 0 fully saturated rings. The molecule has 44 valence electrons. The maximum absolute atomic E-state index is 2.22. The third kappa shape index (κ3) is 0.708. The first-order chi connectivity index (χ1) is 4.47. The molecule has 0 atom stereocenters. The van der Waals surface area contributed by atoms with Crippen LogP contribution in [0.25, 0.3) is 0 Å². The molecular weight excluding hydrogens is 109 g/mol. The molecule has 2 heterocycles. The molecule has 2 aliphatic heterocycles. The molecule has 0 saturated carbocycles. The highest BCUT2D eigenvalue weighted by Crippen LogP contribution is 2.10. The van der Waals surface area contributed by atoms with Crippen molar-refractivity contribution in [2.45, 2.75) is 6.32 Å². The highest BCUT2D eigenvalue weighted by molar-refractivity contribution is 6.58. The molecule has 0 aromatic carbocycles. The summed E-state index contributed by atoms with van der Waals surface area (Å²) in [6.07, 6.45) is 9.66. The zero-order valence-corrected chi connectivity index (χ0v) is 5.20. The van der Waals surface area contributed by atoms with Crippen molar-refractivity contribution in [1.29, 1.82) is 0 Å². The minimum Gasteiger partial charge on any atom is -0.407 e. The SMILES string of the molecule is C1=CCB2C=C[CH-][N+]2=C1. The van der Waals surface area contributed by atoms with Crippen LogP contribution in [0.3, 0.4) is 0 Å². The van der Waals surface area contributed by atoms with Crippen molar-refractivity contribution < 1.29 is 4.49 Å². The molecule has 0 aliphatic carbocycles. The molecule has 2 heteroatoms. The summed E-state index contributed by atoms with van der Waals surface area (Å²) in [5, 5.41) is 0. The molecule has 0 spiro atoms. The van der Waals surface area contributed by atoms with E-state index >= 15 is 0 Å². The predicted molar refractivity (Wildman–Crippen MR) is 39.5 cm³/mol. The summed E-state index contributed by atoms with van der Waals surface area (Å²) < 4.78 is 2.22. The van der Waals surface area contributed by atoms with E-state index in [1.54, 1.807) is 0 Å². The Balaban J connectivity index is 2.29. The van der Waals surface area contributed by atoms with E-state index < -0.39 is 0 Å². The third-order valence-electron chi connectivity index (χ3n) is 1.75. The number of hydrogen-bond donors (Lipinski definition) is 0. The second-order valence-corrected chi connectivity index (χ2v) is 2.36. The van der Waals surface area contributed by atoms with E-state index in [1.807, 2.05) is 0 Å². The minimum atomic E-state index is 0.620. The summed E-state index contributed by atoms with van der Waals surface area (Å²) in [4.78, 5) is 0. The van der Waals surface area contributed by atoms with Gasteiger partial charge in [-0.2, -0.15) is 0 Å². The number of nitrogens with zero attached hydrogens (tertiary/aromatic N) is 1. The third-order valence-corrected chi connectivity index (χ3v) is 1.75. The summed E-state index contributed by atoms with van der Waals surface area (Å²) in [6, 6.07) is 0. The van der Waals surface area contributed by atoms with Gasteiger partial charge < -0.3 is 4.49 Å². The van der Waals surface area contributed by atoms with Crippen molar-refractivity contribution in [3.63, 3.8) is 0 Å². The van der Waals surface area contributed by atoms with Crippen LogP contribution < -0.4 is 0 Å². The lowest BCUT2D eigenvalue weighted by Gasteiger charge is -2.08. The van der Waals surface area contributed by atoms with Gasteiger partial charge in [-0.05, 0) is 0 Å². The molecule has 0 unspecified atom stereocenters. The molecule has 0 bridgehead atoms. The van der Waals surface area contributed by atoms with Gasteiger partial charge in [-0.15, -0.1) is 12.1 Å². The molecule has 0 saturated heterocycles. The van der Waals surface area contributed by atoms with E-state index in [2.05, 4.69) is 41.4 Å². The molecule has 1 nitrogen and oxygen atoms in total. The normalized spacial score (nSPS) is 21.3. The van der Waals surface area contributed by atoms with Crippen LogP contribution >= 0.6 is 0 Å². The van der Waals surface area contributed by atoms with Crippen LogP contribution in [-0.4, -0.2) is 17.5 Å². The second kappa shape index (κ2) is 1.80. The Morgan fingerprint density at radius 3 is 3.44 bits per heavy atom. The van der Waals surface area contributed by atoms with Gasteiger partial charge in [0, 0.05) is 19.1 Å². The summed E-state index contributed by atoms with van der Waals surface area (Å²) >= 11 is 0. The number of fused-ring (bicyclic) bond motifs is 1. The fraction of sp³-hybridized carbons (Fsp3) is 0.143. The summed E-state index contributed by atoms with van der Waals surface area (Å²) in [6.45, 7) is 2.73. The zero-order valence-electron chi connectivity index (χ0n) is 5.20. The summed E-state index contributed by atoms with van der Waals surface area (Å²) in [7, 11) is 0. The number of allylic oxidation sites excluding steroid dienone is 2. The maximum atomic E-state index is 2.22. The molecule has 9 heavy (non-hydrogen) atoms. The predicted octanol–water partition coefficient (Wildman–Crippen LogP) is 0.902. The highest BCUT2D eigenvalue weighted by atomic mass is 14.9. The Labute approximate surface area is 55.5 Å². The standard InChI is InChI=1S/C7H8BN/c1-2-6-9-7-3-5-8(9)4-1/h1-3,5-7H,4H2. The summed E-state index contributed by atoms with van der Waals surface area (Å²) in [5.74, 6) is 2.22. The number of hydrogen-bond acceptors (Lipinski definition) is 0. The highest BCUT2D eigenvalue weighted by Gasteiger charge is 2.22. The minimum absolute atomic E-state index is 0.620. The lowest BCUT2D eigenvalue weighted by molar-refractivity contribution is -0.321. The van der Waals surface area contributed by atoms with E-state index in [-0.39, 0.29) is 0 Å². The van der Waals surface area contributed by atoms with Crippen molar-refractivity contribution >= 4 is 13.1 Å². The van der Waals surface area contributed by atoms with Crippen LogP contribution in [0.4, 0.5) is 0 Å². The Morgan fingerprint density at radius 1 is 1.56 bits per heavy atom. The van der Waals surface area contributed by atoms with Gasteiger partial charge in [-0.25, -0.2) is 0 Å². The van der Waals surface area contributed by atoms with Gasteiger partial charge in [0.2, 0.25) is 0 Å². The smallest absolute Gasteiger partial charge is 0.407 e. The Kier molecular flexibility index (Phi) is 0.981. The number of rotatable bonds is 0. The van der Waals surface area contributed by atoms with Crippen molar-refractivity contribution in [3.05, 3.63) is 30.7 Å². The van der Waals surface area contributed by atoms with E-state index in [0.29, 0.717) is 6.85 Å². The average molecular weight is 117 g/mol. The van der Waals surface area contributed by atoms with Gasteiger partial charge in [-0.1, -0.05) is 12.2 Å². The molecule has 0 radical (unpaired) electrons. The van der Waals surface area contributed by atoms with Crippen LogP contribution in [0.2, 0.25) is 6.32 Å². The first kappa shape index (κ1) is 4.92. The van der Waals surface area contributed by atoms with Crippen LogP contribution in [-0.2, 0) is 0 Å². The molecule has 0 aromatic rings. The Morgan fingerprint density at radius 2 is 2.56 bits per heavy atom. The van der Waals surface area contributed by atoms with Crippen LogP contribution in [0, 0.1) is 6.54 Å². The zero-order chi connectivity index (χ0) is 6.10. The molecule has 0 aromatic heterocycles. The lowest BCUT2D eigenvalue weighted by Crippen LogP contribution is -2.24. The fourth-order valence-corrected chi connectivity index (χ4v) is 1.23. The molecular formula is C7H8BN. The Bertz CT molecular complexity index is 203. The fourth-order valence-electron chi connectivity index (χ4n) is 1.23. The van der Waals surface area contributed by atoms with Crippen molar-refractivity contribution in [2.24, 2.45) is 0 Å². The van der Waals surface area contributed by atoms with Crippen LogP contribution in [0.15, 0.2) is 24.2 Å². The van der Waals surface area contributed by atoms with Crippen molar-refractivity contribution in [2.75, 3.05) is 0 Å². The van der Waals surface area contributed by atoms with Crippen LogP contribution in [0.5, 0.6) is 0 Å². The first-order valence-electron chi connectivity index (χ1n) is 3.26. The topological polar surface area (TPSA) is 3.01 Å². The van der Waals surface area contributed by atoms with Gasteiger partial charge >= 0.3 is 6.85 Å². The summed E-state index contributed by atoms with van der Waals surface area (Å²) in [5.41, 5.74) is 0. The molecule has 2 rings (SSSR count). The quantitative estimate of drug-likeness (QED) is 0.327. The second-order valence-electron chi connectivity index (χ2n) is 2.36. The van der Waals surface area contributed by atoms with Gasteiger partial charge in [0.15, 0.2) is 0 Å². The van der Waals surface area contributed by atoms with Gasteiger partial charge in [0.1, 0.15) is 0 Å². The average Bonchev–Trinajstić information content (AvgIpc) is 2.33. The van der Waals surface area contributed by atoms with Gasteiger partial charge in [-0.3, -0.25) is 0 Å². The Hall–Kier alpha value is -0.915.